The van der Waals surface area contributed by atoms with Crippen molar-refractivity contribution in [2.24, 2.45) is 0 Å². The van der Waals surface area contributed by atoms with Gasteiger partial charge in [-0.25, -0.2) is 0 Å². The molecule has 0 fully saturated rings. The van der Waals surface area contributed by atoms with Gasteiger partial charge in [0.2, 0.25) is 0 Å². The van der Waals surface area contributed by atoms with Gasteiger partial charge in [0.25, 0.3) is 0 Å². The van der Waals surface area contributed by atoms with Crippen LogP contribution in [-0.2, 0) is 14.2 Å². The summed E-state index contributed by atoms with van der Waals surface area (Å²) in [4.78, 5) is 0. The van der Waals surface area contributed by atoms with Crippen molar-refractivity contribution in [3.05, 3.63) is 56.5 Å². The second-order valence-corrected chi connectivity index (χ2v) is 9.70. The van der Waals surface area contributed by atoms with Crippen LogP contribution >= 0.6 is 0 Å². The molecule has 0 amide bonds. The monoisotopic (exact) mass is 569 g/mol. The fourth-order valence-electron chi connectivity index (χ4n) is 2.27. The third kappa shape index (κ3) is 30.2. The summed E-state index contributed by atoms with van der Waals surface area (Å²) >= 11 is 0. The standard InChI is InChI=1S/C8H16.2C7H15N.C7H14O.C6H12O2/c1-5-7(3)8(4)6-2;3*1-5-6(2)7(3)8-4;1-5(7-3)6(2)8-4/h5-6H2,1-4H3;2*8H,5H2,1-4H3;5H2,1-4H3;1-4H3/b8-7-;3*7-6-;6-5-. The zero-order chi connectivity index (χ0) is 32.8. The van der Waals surface area contributed by atoms with Crippen LogP contribution in [0.15, 0.2) is 56.5 Å². The summed E-state index contributed by atoms with van der Waals surface area (Å²) in [6.07, 6.45) is 5.79. The molecular formula is C35H72N2O3. The van der Waals surface area contributed by atoms with Gasteiger partial charge in [-0.05, 0) is 107 Å². The largest absolute Gasteiger partial charge is 0.501 e. The lowest BCUT2D eigenvalue weighted by molar-refractivity contribution is 0.224. The first-order valence-electron chi connectivity index (χ1n) is 14.9. The van der Waals surface area contributed by atoms with E-state index in [2.05, 4.69) is 93.7 Å². The van der Waals surface area contributed by atoms with Crippen LogP contribution in [0.3, 0.4) is 0 Å². The quantitative estimate of drug-likeness (QED) is 0.203. The number of methoxy groups -OCH3 is 3. The Kier molecular flexibility index (Phi) is 39.1. The Balaban J connectivity index is -0.000000128. The van der Waals surface area contributed by atoms with E-state index in [4.69, 9.17) is 14.2 Å². The number of ether oxygens (including phenoxy) is 3. The van der Waals surface area contributed by atoms with Crippen molar-refractivity contribution in [1.29, 1.82) is 0 Å². The van der Waals surface area contributed by atoms with Crippen molar-refractivity contribution < 1.29 is 14.2 Å². The van der Waals surface area contributed by atoms with E-state index in [0.29, 0.717) is 0 Å². The molecule has 0 saturated heterocycles. The van der Waals surface area contributed by atoms with Gasteiger partial charge in [-0.1, -0.05) is 56.9 Å². The Hall–Kier alpha value is -2.30. The normalized spacial score (nSPS) is 13.0. The van der Waals surface area contributed by atoms with Gasteiger partial charge in [0, 0.05) is 25.5 Å². The van der Waals surface area contributed by atoms with E-state index in [0.717, 1.165) is 36.5 Å². The van der Waals surface area contributed by atoms with Crippen LogP contribution in [0.25, 0.3) is 0 Å². The third-order valence-corrected chi connectivity index (χ3v) is 7.43. The summed E-state index contributed by atoms with van der Waals surface area (Å²) in [6.45, 7) is 31.5. The van der Waals surface area contributed by atoms with E-state index in [1.807, 2.05) is 34.9 Å². The van der Waals surface area contributed by atoms with Crippen molar-refractivity contribution in [3.63, 3.8) is 0 Å². The molecule has 0 aliphatic carbocycles. The highest BCUT2D eigenvalue weighted by atomic mass is 16.5. The molecule has 0 saturated carbocycles. The van der Waals surface area contributed by atoms with Gasteiger partial charge in [-0.3, -0.25) is 0 Å². The first kappa shape index (κ1) is 47.5. The molecule has 0 aliphatic rings. The smallest absolute Gasteiger partial charge is 0.130 e. The molecule has 0 spiro atoms. The molecule has 0 rings (SSSR count). The lowest BCUT2D eigenvalue weighted by Gasteiger charge is -2.02. The van der Waals surface area contributed by atoms with Crippen molar-refractivity contribution >= 4 is 0 Å². The van der Waals surface area contributed by atoms with Gasteiger partial charge in [0.1, 0.15) is 11.5 Å². The van der Waals surface area contributed by atoms with Gasteiger partial charge < -0.3 is 24.8 Å². The van der Waals surface area contributed by atoms with Crippen molar-refractivity contribution in [2.75, 3.05) is 35.4 Å². The minimum atomic E-state index is 0.826. The van der Waals surface area contributed by atoms with Crippen LogP contribution in [0.5, 0.6) is 0 Å². The average molecular weight is 569 g/mol. The van der Waals surface area contributed by atoms with Gasteiger partial charge in [-0.15, -0.1) is 0 Å². The van der Waals surface area contributed by atoms with E-state index < -0.39 is 0 Å². The minimum absolute atomic E-state index is 0.826. The summed E-state index contributed by atoms with van der Waals surface area (Å²) in [5.74, 6) is 2.70. The molecule has 2 N–H and O–H groups in total. The summed E-state index contributed by atoms with van der Waals surface area (Å²) < 4.78 is 14.7. The maximum atomic E-state index is 4.98. The topological polar surface area (TPSA) is 51.8 Å². The van der Waals surface area contributed by atoms with Gasteiger partial charge in [0.05, 0.1) is 27.1 Å². The van der Waals surface area contributed by atoms with Crippen LogP contribution < -0.4 is 10.6 Å². The maximum Gasteiger partial charge on any atom is 0.130 e. The molecule has 0 atom stereocenters. The maximum absolute atomic E-state index is 4.98. The number of nitrogens with one attached hydrogen (secondary N) is 2. The minimum Gasteiger partial charge on any atom is -0.501 e. The highest BCUT2D eigenvalue weighted by Gasteiger charge is 1.92. The average Bonchev–Trinajstić information content (AvgIpc) is 3.01. The number of hydrogen-bond acceptors (Lipinski definition) is 5. The molecule has 0 aromatic rings. The molecule has 40 heavy (non-hydrogen) atoms. The molecule has 0 aliphatic heterocycles. The zero-order valence-electron chi connectivity index (χ0n) is 30.8. The Labute approximate surface area is 252 Å². The number of hydrogen-bond donors (Lipinski definition) is 2. The van der Waals surface area contributed by atoms with Crippen LogP contribution in [0.4, 0.5) is 0 Å². The van der Waals surface area contributed by atoms with Gasteiger partial charge in [0.15, 0.2) is 0 Å². The highest BCUT2D eigenvalue weighted by Crippen LogP contribution is 2.09. The first-order chi connectivity index (χ1) is 18.6. The van der Waals surface area contributed by atoms with Gasteiger partial charge >= 0.3 is 0 Å². The first-order valence-corrected chi connectivity index (χ1v) is 14.9. The summed E-state index contributed by atoms with van der Waals surface area (Å²) in [5.41, 5.74) is 9.90. The van der Waals surface area contributed by atoms with E-state index in [9.17, 15) is 0 Å². The summed E-state index contributed by atoms with van der Waals surface area (Å²) in [7, 11) is 8.85. The van der Waals surface area contributed by atoms with Crippen molar-refractivity contribution in [1.82, 2.24) is 10.6 Å². The Morgan fingerprint density at radius 2 is 0.600 bits per heavy atom. The molecule has 0 bridgehead atoms. The number of allylic oxidation sites excluding steroid dienone is 10. The molecule has 5 nitrogen and oxygen atoms in total. The summed E-state index contributed by atoms with van der Waals surface area (Å²) in [5, 5.41) is 6.19. The predicted octanol–water partition coefficient (Wildman–Crippen LogP) is 10.8. The Morgan fingerprint density at radius 1 is 0.375 bits per heavy atom. The van der Waals surface area contributed by atoms with Crippen LogP contribution in [-0.4, -0.2) is 35.4 Å². The summed E-state index contributed by atoms with van der Waals surface area (Å²) in [6, 6.07) is 0. The third-order valence-electron chi connectivity index (χ3n) is 7.43. The molecule has 0 radical (unpaired) electrons. The van der Waals surface area contributed by atoms with E-state index in [-0.39, 0.29) is 0 Å². The highest BCUT2D eigenvalue weighted by molar-refractivity contribution is 5.08. The molecule has 0 heterocycles. The molecule has 0 unspecified atom stereocenters. The van der Waals surface area contributed by atoms with E-state index in [1.54, 1.807) is 32.5 Å². The fourth-order valence-corrected chi connectivity index (χ4v) is 2.27. The SMILES string of the molecule is CC/C(C)=C(/C)CC.CC/C(C)=C(/C)NC.CC/C(C)=C(/C)NC.CC/C(C)=C(/C)OC.CO/C(C)=C(/C)OC. The number of rotatable bonds is 10. The lowest BCUT2D eigenvalue weighted by atomic mass is 10.1. The fraction of sp³-hybridized carbons (Fsp3) is 0.714. The van der Waals surface area contributed by atoms with Crippen molar-refractivity contribution in [3.8, 4) is 0 Å². The van der Waals surface area contributed by atoms with Crippen LogP contribution in [0.1, 0.15) is 136 Å². The van der Waals surface area contributed by atoms with Crippen molar-refractivity contribution in [2.45, 2.75) is 136 Å². The molecule has 240 valence electrons. The predicted molar refractivity (Wildman–Crippen MR) is 182 cm³/mol. The van der Waals surface area contributed by atoms with E-state index in [1.165, 1.54) is 41.0 Å². The molecular weight excluding hydrogens is 496 g/mol. The Bertz CT molecular complexity index is 559. The Morgan fingerprint density at radius 3 is 0.700 bits per heavy atom. The zero-order valence-corrected chi connectivity index (χ0v) is 30.8. The molecule has 0 aromatic carbocycles. The molecule has 0 aromatic heterocycles. The van der Waals surface area contributed by atoms with Crippen LogP contribution in [0, 0.1) is 0 Å². The second kappa shape index (κ2) is 32.9. The lowest BCUT2D eigenvalue weighted by Crippen LogP contribution is -2.03. The van der Waals surface area contributed by atoms with Gasteiger partial charge in [-0.2, -0.15) is 0 Å². The van der Waals surface area contributed by atoms with Crippen LogP contribution in [0.2, 0.25) is 0 Å². The van der Waals surface area contributed by atoms with E-state index >= 15 is 0 Å². The molecule has 5 heteroatoms. The second-order valence-electron chi connectivity index (χ2n) is 9.70.